The van der Waals surface area contributed by atoms with Crippen LogP contribution in [0.25, 0.3) is 32.3 Å². The Balaban J connectivity index is 2.13. The minimum Gasteiger partial charge on any atom is -0.481 e. The van der Waals surface area contributed by atoms with Gasteiger partial charge in [0.05, 0.1) is 0 Å². The molecule has 0 aliphatic heterocycles. The molecule has 0 amide bonds. The highest BCUT2D eigenvalue weighted by Gasteiger charge is 2.19. The Labute approximate surface area is 142 Å². The number of rotatable bonds is 4. The summed E-state index contributed by atoms with van der Waals surface area (Å²) in [5, 5.41) is 13.1. The quantitative estimate of drug-likeness (QED) is 0.430. The van der Waals surface area contributed by atoms with E-state index in [0.717, 1.165) is 16.2 Å². The Bertz CT molecular complexity index is 1240. The molecule has 0 aliphatic carbocycles. The minimum atomic E-state index is -4.37. The Morgan fingerprint density at radius 1 is 0.880 bits per heavy atom. The first-order chi connectivity index (χ1) is 11.9. The average Bonchev–Trinajstić information content (AvgIpc) is 2.57. The van der Waals surface area contributed by atoms with E-state index in [2.05, 4.69) is 0 Å². The molecule has 0 aromatic heterocycles. The van der Waals surface area contributed by atoms with E-state index >= 15 is 0 Å². The van der Waals surface area contributed by atoms with Crippen molar-refractivity contribution in [2.75, 3.05) is 6.61 Å². The Morgan fingerprint density at radius 2 is 1.44 bits per heavy atom. The van der Waals surface area contributed by atoms with Crippen molar-refractivity contribution >= 4 is 48.4 Å². The summed E-state index contributed by atoms with van der Waals surface area (Å²) in [7, 11) is -4.37. The van der Waals surface area contributed by atoms with Crippen LogP contribution in [0.15, 0.2) is 53.4 Å². The largest absolute Gasteiger partial charge is 0.481 e. The molecule has 2 N–H and O–H groups in total. The fourth-order valence-corrected chi connectivity index (χ4v) is 3.93. The number of carboxylic acids is 1. The van der Waals surface area contributed by atoms with Crippen LogP contribution in [0.4, 0.5) is 0 Å². The monoisotopic (exact) mass is 356 g/mol. The molecule has 7 heteroatoms. The zero-order valence-electron chi connectivity index (χ0n) is 12.8. The van der Waals surface area contributed by atoms with Crippen molar-refractivity contribution in [3.63, 3.8) is 0 Å². The van der Waals surface area contributed by atoms with Gasteiger partial charge in [0.15, 0.2) is 6.61 Å². The van der Waals surface area contributed by atoms with E-state index in [1.807, 2.05) is 12.1 Å². The molecule has 0 heterocycles. The van der Waals surface area contributed by atoms with Gasteiger partial charge >= 0.3 is 5.97 Å². The predicted molar refractivity (Wildman–Crippen MR) is 93.1 cm³/mol. The molecule has 0 fully saturated rings. The third-order valence-electron chi connectivity index (χ3n) is 4.21. The highest BCUT2D eigenvalue weighted by atomic mass is 32.2. The molecule has 4 aromatic rings. The predicted octanol–water partition coefficient (Wildman–Crippen LogP) is 3.29. The molecule has 25 heavy (non-hydrogen) atoms. The summed E-state index contributed by atoms with van der Waals surface area (Å²) in [6, 6.07) is 13.5. The summed E-state index contributed by atoms with van der Waals surface area (Å²) in [5.41, 5.74) is 0. The van der Waals surface area contributed by atoms with Crippen molar-refractivity contribution in [2.45, 2.75) is 4.90 Å². The zero-order valence-corrected chi connectivity index (χ0v) is 13.6. The van der Waals surface area contributed by atoms with Crippen molar-refractivity contribution in [1.29, 1.82) is 0 Å². The van der Waals surface area contributed by atoms with Crippen LogP contribution < -0.4 is 4.74 Å². The molecule has 4 rings (SSSR count). The van der Waals surface area contributed by atoms with Gasteiger partial charge in [0.2, 0.25) is 0 Å². The summed E-state index contributed by atoms with van der Waals surface area (Å²) < 4.78 is 38.2. The van der Waals surface area contributed by atoms with Crippen molar-refractivity contribution < 1.29 is 27.6 Å². The second-order valence-electron chi connectivity index (χ2n) is 5.71. The molecular formula is C18H12O6S. The van der Waals surface area contributed by atoms with E-state index in [1.165, 1.54) is 6.07 Å². The maximum atomic E-state index is 11.7. The third-order valence-corrected chi connectivity index (χ3v) is 5.13. The third kappa shape index (κ3) is 2.45. The molecule has 4 aromatic carbocycles. The lowest BCUT2D eigenvalue weighted by Gasteiger charge is -2.15. The molecule has 0 atom stereocenters. The van der Waals surface area contributed by atoms with Gasteiger partial charge in [0, 0.05) is 16.2 Å². The SMILES string of the molecule is O=C(O)COc1ccc2ccc3ccc(S(=O)(=O)O)c4ccc1c2c34. The molecule has 0 spiro atoms. The highest BCUT2D eigenvalue weighted by Crippen LogP contribution is 2.40. The second-order valence-corrected chi connectivity index (χ2v) is 7.10. The van der Waals surface area contributed by atoms with Crippen molar-refractivity contribution in [1.82, 2.24) is 0 Å². The molecule has 0 radical (unpaired) electrons. The van der Waals surface area contributed by atoms with Crippen LogP contribution in [0.2, 0.25) is 0 Å². The number of hydrogen-bond donors (Lipinski definition) is 2. The number of hydrogen-bond acceptors (Lipinski definition) is 4. The van der Waals surface area contributed by atoms with E-state index in [-0.39, 0.29) is 4.90 Å². The van der Waals surface area contributed by atoms with Crippen molar-refractivity contribution in [3.8, 4) is 5.75 Å². The van der Waals surface area contributed by atoms with Gasteiger partial charge in [0.1, 0.15) is 10.6 Å². The van der Waals surface area contributed by atoms with Gasteiger partial charge in [-0.25, -0.2) is 4.79 Å². The summed E-state index contributed by atoms with van der Waals surface area (Å²) >= 11 is 0. The minimum absolute atomic E-state index is 0.161. The zero-order chi connectivity index (χ0) is 17.8. The molecule has 6 nitrogen and oxygen atoms in total. The number of aliphatic carboxylic acids is 1. The first kappa shape index (κ1) is 15.6. The summed E-state index contributed by atoms with van der Waals surface area (Å²) in [6.45, 7) is -0.472. The molecule has 0 saturated heterocycles. The molecule has 0 unspecified atom stereocenters. The summed E-state index contributed by atoms with van der Waals surface area (Å²) in [6.07, 6.45) is 0. The van der Waals surface area contributed by atoms with Gasteiger partial charge in [-0.2, -0.15) is 8.42 Å². The first-order valence-corrected chi connectivity index (χ1v) is 8.83. The maximum absolute atomic E-state index is 11.7. The normalized spacial score (nSPS) is 12.2. The van der Waals surface area contributed by atoms with Gasteiger partial charge < -0.3 is 9.84 Å². The van der Waals surface area contributed by atoms with E-state index in [1.54, 1.807) is 30.3 Å². The summed E-state index contributed by atoms with van der Waals surface area (Å²) in [5.74, 6) is -0.680. The van der Waals surface area contributed by atoms with E-state index < -0.39 is 22.7 Å². The molecule has 0 saturated carbocycles. The second kappa shape index (κ2) is 5.30. The lowest BCUT2D eigenvalue weighted by Crippen LogP contribution is -2.09. The van der Waals surface area contributed by atoms with Gasteiger partial charge in [-0.15, -0.1) is 0 Å². The lowest BCUT2D eigenvalue weighted by atomic mass is 9.94. The smallest absolute Gasteiger partial charge is 0.341 e. The fourth-order valence-electron chi connectivity index (χ4n) is 3.24. The molecule has 126 valence electrons. The first-order valence-electron chi connectivity index (χ1n) is 7.39. The van der Waals surface area contributed by atoms with Crippen LogP contribution in [0.5, 0.6) is 5.75 Å². The Hall–Kier alpha value is -2.90. The van der Waals surface area contributed by atoms with Crippen LogP contribution in [-0.2, 0) is 14.9 Å². The van der Waals surface area contributed by atoms with Crippen LogP contribution in [0, 0.1) is 0 Å². The highest BCUT2D eigenvalue weighted by molar-refractivity contribution is 7.86. The van der Waals surface area contributed by atoms with Crippen LogP contribution >= 0.6 is 0 Å². The molecule has 0 bridgehead atoms. The van der Waals surface area contributed by atoms with Crippen molar-refractivity contribution in [3.05, 3.63) is 48.5 Å². The van der Waals surface area contributed by atoms with Crippen molar-refractivity contribution in [2.24, 2.45) is 0 Å². The lowest BCUT2D eigenvalue weighted by molar-refractivity contribution is -0.139. The van der Waals surface area contributed by atoms with Crippen LogP contribution in [-0.4, -0.2) is 30.7 Å². The fraction of sp³-hybridized carbons (Fsp3) is 0.0556. The number of carboxylic acid groups (broad SMARTS) is 1. The van der Waals surface area contributed by atoms with Gasteiger partial charge in [0.25, 0.3) is 10.1 Å². The van der Waals surface area contributed by atoms with Crippen LogP contribution in [0.1, 0.15) is 0 Å². The summed E-state index contributed by atoms with van der Waals surface area (Å²) in [4.78, 5) is 10.6. The average molecular weight is 356 g/mol. The van der Waals surface area contributed by atoms with E-state index in [4.69, 9.17) is 9.84 Å². The standard InChI is InChI=1S/C18H12O6S/c19-16(20)9-24-14-7-3-10-1-2-11-4-8-15(25(21,22)23)13-6-5-12(14)17(10)18(11)13/h1-8H,9H2,(H,19,20)(H,21,22,23). The van der Waals surface area contributed by atoms with Crippen LogP contribution in [0.3, 0.4) is 0 Å². The van der Waals surface area contributed by atoms with Gasteiger partial charge in [-0.1, -0.05) is 30.3 Å². The molecular weight excluding hydrogens is 344 g/mol. The Morgan fingerprint density at radius 3 is 2.08 bits per heavy atom. The van der Waals surface area contributed by atoms with Gasteiger partial charge in [-0.3, -0.25) is 4.55 Å². The Kier molecular flexibility index (Phi) is 3.31. The number of ether oxygens (including phenoxy) is 1. The topological polar surface area (TPSA) is 101 Å². The van der Waals surface area contributed by atoms with E-state index in [0.29, 0.717) is 21.9 Å². The number of carbonyl (C=O) groups is 1. The van der Waals surface area contributed by atoms with Gasteiger partial charge in [-0.05, 0) is 34.4 Å². The number of benzene rings is 4. The maximum Gasteiger partial charge on any atom is 0.341 e. The van der Waals surface area contributed by atoms with E-state index in [9.17, 15) is 17.8 Å². The molecule has 0 aliphatic rings.